The summed E-state index contributed by atoms with van der Waals surface area (Å²) in [5.74, 6) is -0.0166. The summed E-state index contributed by atoms with van der Waals surface area (Å²) >= 11 is 0. The lowest BCUT2D eigenvalue weighted by Crippen LogP contribution is -2.36. The summed E-state index contributed by atoms with van der Waals surface area (Å²) in [7, 11) is 5.66. The van der Waals surface area contributed by atoms with Crippen LogP contribution >= 0.6 is 0 Å². The van der Waals surface area contributed by atoms with E-state index in [1.807, 2.05) is 19.0 Å². The number of nitrogens with one attached hydrogen (secondary N) is 1. The summed E-state index contributed by atoms with van der Waals surface area (Å²) in [6.45, 7) is 2.95. The molecule has 0 aromatic heterocycles. The maximum atomic E-state index is 11.9. The van der Waals surface area contributed by atoms with E-state index in [0.717, 1.165) is 6.54 Å². The molecule has 1 rings (SSSR count). The number of hydrogen-bond acceptors (Lipinski definition) is 3. The molecule has 0 saturated carbocycles. The summed E-state index contributed by atoms with van der Waals surface area (Å²) < 4.78 is 0. The molecule has 1 aromatic carbocycles. The molecule has 1 N–H and O–H groups in total. The van der Waals surface area contributed by atoms with Crippen LogP contribution in [0.25, 0.3) is 0 Å². The second kappa shape index (κ2) is 6.89. The summed E-state index contributed by atoms with van der Waals surface area (Å²) in [6, 6.07) is 6.76. The maximum absolute atomic E-state index is 11.9. The van der Waals surface area contributed by atoms with E-state index < -0.39 is 0 Å². The van der Waals surface area contributed by atoms with Crippen molar-refractivity contribution in [3.05, 3.63) is 29.8 Å². The minimum atomic E-state index is -0.178. The third-order valence-electron chi connectivity index (χ3n) is 2.75. The molecule has 0 aliphatic carbocycles. The van der Waals surface area contributed by atoms with Crippen LogP contribution in [0.3, 0.4) is 0 Å². The molecular weight excluding hydrogens is 242 g/mol. The molecule has 0 atom stereocenters. The van der Waals surface area contributed by atoms with Gasteiger partial charge in [0.05, 0.1) is 0 Å². The van der Waals surface area contributed by atoms with E-state index in [4.69, 9.17) is 0 Å². The quantitative estimate of drug-likeness (QED) is 0.826. The normalized spacial score (nSPS) is 10.4. The Morgan fingerprint density at radius 2 is 1.84 bits per heavy atom. The van der Waals surface area contributed by atoms with Gasteiger partial charge in [-0.2, -0.15) is 0 Å². The van der Waals surface area contributed by atoms with E-state index >= 15 is 0 Å². The van der Waals surface area contributed by atoms with Gasteiger partial charge in [-0.3, -0.25) is 4.79 Å². The Balaban J connectivity index is 2.61. The van der Waals surface area contributed by atoms with Crippen molar-refractivity contribution in [3.8, 4) is 0 Å². The van der Waals surface area contributed by atoms with Crippen molar-refractivity contribution in [1.82, 2.24) is 9.80 Å². The number of carbonyl (C=O) groups is 2. The van der Waals surface area contributed by atoms with E-state index in [1.54, 1.807) is 36.2 Å². The molecule has 0 fully saturated rings. The first kappa shape index (κ1) is 15.2. The Labute approximate surface area is 114 Å². The number of urea groups is 1. The largest absolute Gasteiger partial charge is 0.326 e. The number of likely N-dealkylation sites (N-methyl/N-ethyl adjacent to an activating group) is 2. The van der Waals surface area contributed by atoms with Crippen LogP contribution in [0.4, 0.5) is 10.5 Å². The smallest absolute Gasteiger partial charge is 0.321 e. The van der Waals surface area contributed by atoms with Crippen molar-refractivity contribution in [2.45, 2.75) is 6.92 Å². The lowest BCUT2D eigenvalue weighted by atomic mass is 10.1. The van der Waals surface area contributed by atoms with Crippen molar-refractivity contribution in [2.75, 3.05) is 39.5 Å². The van der Waals surface area contributed by atoms with Gasteiger partial charge in [0.1, 0.15) is 0 Å². The molecule has 0 saturated heterocycles. The maximum Gasteiger partial charge on any atom is 0.321 e. The fourth-order valence-electron chi connectivity index (χ4n) is 1.49. The lowest BCUT2D eigenvalue weighted by Gasteiger charge is -2.20. The average molecular weight is 263 g/mol. The molecule has 0 unspecified atom stereocenters. The first-order chi connectivity index (χ1) is 8.90. The highest BCUT2D eigenvalue weighted by Gasteiger charge is 2.09. The zero-order valence-electron chi connectivity index (χ0n) is 11.9. The predicted molar refractivity (Wildman–Crippen MR) is 76.6 cm³/mol. The Kier molecular flexibility index (Phi) is 5.51. The van der Waals surface area contributed by atoms with Crippen LogP contribution in [0.2, 0.25) is 0 Å². The molecule has 2 amide bonds. The molecule has 0 bridgehead atoms. The average Bonchev–Trinajstić information content (AvgIpc) is 2.36. The number of anilines is 1. The summed E-state index contributed by atoms with van der Waals surface area (Å²) in [5.41, 5.74) is 1.23. The molecule has 0 aliphatic rings. The number of rotatable bonds is 5. The second-order valence-corrected chi connectivity index (χ2v) is 4.79. The van der Waals surface area contributed by atoms with Crippen molar-refractivity contribution in [1.29, 1.82) is 0 Å². The van der Waals surface area contributed by atoms with Crippen molar-refractivity contribution in [3.63, 3.8) is 0 Å². The van der Waals surface area contributed by atoms with Crippen LogP contribution in [0.1, 0.15) is 17.3 Å². The van der Waals surface area contributed by atoms with E-state index in [0.29, 0.717) is 17.8 Å². The van der Waals surface area contributed by atoms with Crippen LogP contribution in [0.15, 0.2) is 24.3 Å². The molecule has 1 aromatic rings. The van der Waals surface area contributed by atoms with E-state index in [1.165, 1.54) is 6.92 Å². The standard InChI is InChI=1S/C14H21N3O2/c1-11(18)12-6-5-7-13(10-12)15-14(19)17(4)9-8-16(2)3/h5-7,10H,8-9H2,1-4H3,(H,15,19). The summed E-state index contributed by atoms with van der Waals surface area (Å²) in [4.78, 5) is 26.8. The molecule has 104 valence electrons. The van der Waals surface area contributed by atoms with Crippen LogP contribution in [-0.4, -0.2) is 55.8 Å². The monoisotopic (exact) mass is 263 g/mol. The van der Waals surface area contributed by atoms with Crippen molar-refractivity contribution in [2.24, 2.45) is 0 Å². The van der Waals surface area contributed by atoms with Gasteiger partial charge in [0.25, 0.3) is 0 Å². The molecular formula is C14H21N3O2. The molecule has 5 heteroatoms. The Bertz CT molecular complexity index is 458. The van der Waals surface area contributed by atoms with Gasteiger partial charge in [0.2, 0.25) is 0 Å². The molecule has 0 spiro atoms. The number of carbonyl (C=O) groups excluding carboxylic acids is 2. The highest BCUT2D eigenvalue weighted by molar-refractivity contribution is 5.96. The highest BCUT2D eigenvalue weighted by Crippen LogP contribution is 2.11. The van der Waals surface area contributed by atoms with Gasteiger partial charge < -0.3 is 15.1 Å². The van der Waals surface area contributed by atoms with E-state index in [-0.39, 0.29) is 11.8 Å². The Morgan fingerprint density at radius 3 is 2.42 bits per heavy atom. The van der Waals surface area contributed by atoms with E-state index in [2.05, 4.69) is 5.32 Å². The van der Waals surface area contributed by atoms with Crippen LogP contribution in [-0.2, 0) is 0 Å². The van der Waals surface area contributed by atoms with Crippen molar-refractivity contribution >= 4 is 17.5 Å². The van der Waals surface area contributed by atoms with Crippen LogP contribution < -0.4 is 5.32 Å². The molecule has 0 radical (unpaired) electrons. The number of Topliss-reactive ketones (excluding diaryl/α,β-unsaturated/α-hetero) is 1. The number of hydrogen-bond donors (Lipinski definition) is 1. The van der Waals surface area contributed by atoms with Gasteiger partial charge in [-0.1, -0.05) is 12.1 Å². The predicted octanol–water partition coefficient (Wildman–Crippen LogP) is 1.91. The van der Waals surface area contributed by atoms with Crippen LogP contribution in [0.5, 0.6) is 0 Å². The van der Waals surface area contributed by atoms with Crippen molar-refractivity contribution < 1.29 is 9.59 Å². The molecule has 0 aliphatic heterocycles. The minimum Gasteiger partial charge on any atom is -0.326 e. The fraction of sp³-hybridized carbons (Fsp3) is 0.429. The van der Waals surface area contributed by atoms with Gasteiger partial charge in [0.15, 0.2) is 5.78 Å². The zero-order chi connectivity index (χ0) is 14.4. The number of amides is 2. The molecule has 19 heavy (non-hydrogen) atoms. The summed E-state index contributed by atoms with van der Waals surface area (Å²) in [5, 5.41) is 2.78. The van der Waals surface area contributed by atoms with Gasteiger partial charge >= 0.3 is 6.03 Å². The molecule has 5 nitrogen and oxygen atoms in total. The SMILES string of the molecule is CC(=O)c1cccc(NC(=O)N(C)CCN(C)C)c1. The van der Waals surface area contributed by atoms with Gasteiger partial charge in [-0.05, 0) is 33.2 Å². The van der Waals surface area contributed by atoms with Gasteiger partial charge in [-0.15, -0.1) is 0 Å². The molecule has 0 heterocycles. The highest BCUT2D eigenvalue weighted by atomic mass is 16.2. The van der Waals surface area contributed by atoms with E-state index in [9.17, 15) is 9.59 Å². The third kappa shape index (κ3) is 5.09. The Hall–Kier alpha value is -1.88. The van der Waals surface area contributed by atoms with Gasteiger partial charge in [-0.25, -0.2) is 4.79 Å². The first-order valence-corrected chi connectivity index (χ1v) is 6.18. The third-order valence-corrected chi connectivity index (χ3v) is 2.75. The fourth-order valence-corrected chi connectivity index (χ4v) is 1.49. The number of benzene rings is 1. The van der Waals surface area contributed by atoms with Crippen LogP contribution in [0, 0.1) is 0 Å². The zero-order valence-corrected chi connectivity index (χ0v) is 11.9. The summed E-state index contributed by atoms with van der Waals surface area (Å²) in [6.07, 6.45) is 0. The Morgan fingerprint density at radius 1 is 1.16 bits per heavy atom. The lowest BCUT2D eigenvalue weighted by molar-refractivity contribution is 0.101. The second-order valence-electron chi connectivity index (χ2n) is 4.79. The van der Waals surface area contributed by atoms with Gasteiger partial charge in [0, 0.05) is 31.4 Å². The number of nitrogens with zero attached hydrogens (tertiary/aromatic N) is 2. The number of ketones is 1. The topological polar surface area (TPSA) is 52.7 Å². The minimum absolute atomic E-state index is 0.0166. The first-order valence-electron chi connectivity index (χ1n) is 6.18.